The van der Waals surface area contributed by atoms with Crippen molar-refractivity contribution >= 4 is 5.96 Å². The fraction of sp³-hybridized carbons (Fsp3) is 0.824. The summed E-state index contributed by atoms with van der Waals surface area (Å²) in [6.07, 6.45) is 9.67. The van der Waals surface area contributed by atoms with E-state index in [1.807, 2.05) is 0 Å². The Morgan fingerprint density at radius 2 is 2.41 bits per heavy atom. The summed E-state index contributed by atoms with van der Waals surface area (Å²) in [5.74, 6) is 0.922. The van der Waals surface area contributed by atoms with E-state index in [0.29, 0.717) is 6.10 Å². The third-order valence-electron chi connectivity index (χ3n) is 4.03. The molecular weight excluding hydrogens is 278 g/mol. The van der Waals surface area contributed by atoms with Crippen molar-refractivity contribution in [2.24, 2.45) is 4.99 Å². The Labute approximate surface area is 134 Å². The van der Waals surface area contributed by atoms with Crippen LogP contribution in [0.15, 0.2) is 16.6 Å². The van der Waals surface area contributed by atoms with E-state index in [2.05, 4.69) is 28.6 Å². The van der Waals surface area contributed by atoms with Gasteiger partial charge in [0.25, 0.3) is 0 Å². The largest absolute Gasteiger partial charge is 0.379 e. The maximum atomic E-state index is 5.75. The third kappa shape index (κ3) is 6.79. The first-order valence-corrected chi connectivity index (χ1v) is 8.78. The smallest absolute Gasteiger partial charge is 0.191 e. The van der Waals surface area contributed by atoms with Gasteiger partial charge in [-0.25, -0.2) is 0 Å². The van der Waals surface area contributed by atoms with Crippen LogP contribution in [0.4, 0.5) is 0 Å². The molecule has 2 rings (SSSR count). The summed E-state index contributed by atoms with van der Waals surface area (Å²) >= 11 is 0. The standard InChI is InChI=1S/C17H31N3O2/c1-2-18-17(20-11-8-15-6-3-4-7-15)19-10-5-12-22-16-9-13-21-14-16/h6,16H,2-5,7-14H2,1H3,(H2,18,19,20). The van der Waals surface area contributed by atoms with Crippen molar-refractivity contribution in [3.8, 4) is 0 Å². The Bertz CT molecular complexity index is 363. The van der Waals surface area contributed by atoms with E-state index >= 15 is 0 Å². The normalized spacial score (nSPS) is 22.0. The fourth-order valence-corrected chi connectivity index (χ4v) is 2.80. The highest BCUT2D eigenvalue weighted by Gasteiger charge is 2.15. The van der Waals surface area contributed by atoms with E-state index in [9.17, 15) is 0 Å². The van der Waals surface area contributed by atoms with Crippen LogP contribution >= 0.6 is 0 Å². The van der Waals surface area contributed by atoms with E-state index in [1.165, 1.54) is 19.3 Å². The molecule has 2 N–H and O–H groups in total. The number of nitrogens with zero attached hydrogens (tertiary/aromatic N) is 1. The van der Waals surface area contributed by atoms with E-state index < -0.39 is 0 Å². The van der Waals surface area contributed by atoms with Crippen molar-refractivity contribution in [2.45, 2.75) is 51.6 Å². The topological polar surface area (TPSA) is 54.9 Å². The van der Waals surface area contributed by atoms with Crippen LogP contribution in [0, 0.1) is 0 Å². The molecule has 1 saturated heterocycles. The van der Waals surface area contributed by atoms with E-state index in [-0.39, 0.29) is 0 Å². The summed E-state index contributed by atoms with van der Waals surface area (Å²) in [4.78, 5) is 4.61. The Hall–Kier alpha value is -1.07. The lowest BCUT2D eigenvalue weighted by Crippen LogP contribution is -2.38. The predicted octanol–water partition coefficient (Wildman–Crippen LogP) is 2.24. The minimum Gasteiger partial charge on any atom is -0.379 e. The summed E-state index contributed by atoms with van der Waals surface area (Å²) in [6.45, 7) is 7.12. The first kappa shape index (κ1) is 17.3. The Kier molecular flexibility index (Phi) is 8.35. The molecule has 1 aliphatic carbocycles. The summed E-state index contributed by atoms with van der Waals surface area (Å²) < 4.78 is 11.0. The Balaban J connectivity index is 1.56. The highest BCUT2D eigenvalue weighted by atomic mass is 16.5. The molecule has 1 heterocycles. The van der Waals surface area contributed by atoms with Gasteiger partial charge in [0.05, 0.1) is 12.7 Å². The minimum absolute atomic E-state index is 0.301. The van der Waals surface area contributed by atoms with Crippen molar-refractivity contribution in [3.63, 3.8) is 0 Å². The molecule has 0 saturated carbocycles. The lowest BCUT2D eigenvalue weighted by atomic mass is 10.2. The zero-order valence-corrected chi connectivity index (χ0v) is 13.9. The number of ether oxygens (including phenoxy) is 2. The van der Waals surface area contributed by atoms with Gasteiger partial charge < -0.3 is 20.1 Å². The van der Waals surface area contributed by atoms with Crippen molar-refractivity contribution in [1.82, 2.24) is 10.6 Å². The van der Waals surface area contributed by atoms with Gasteiger partial charge in [-0.15, -0.1) is 0 Å². The van der Waals surface area contributed by atoms with Crippen LogP contribution in [-0.2, 0) is 9.47 Å². The molecule has 1 unspecified atom stereocenters. The number of rotatable bonds is 9. The lowest BCUT2D eigenvalue weighted by Gasteiger charge is -2.12. The zero-order chi connectivity index (χ0) is 15.5. The molecule has 0 aromatic carbocycles. The zero-order valence-electron chi connectivity index (χ0n) is 13.9. The van der Waals surface area contributed by atoms with Crippen LogP contribution in [0.2, 0.25) is 0 Å². The van der Waals surface area contributed by atoms with Gasteiger partial charge in [-0.1, -0.05) is 11.6 Å². The third-order valence-corrected chi connectivity index (χ3v) is 4.03. The SMILES string of the molecule is CCNC(=NCCCOC1CCOC1)NCCC1=CCCC1. The van der Waals surface area contributed by atoms with Gasteiger partial charge in [-0.05, 0) is 45.4 Å². The summed E-state index contributed by atoms with van der Waals surface area (Å²) in [7, 11) is 0. The summed E-state index contributed by atoms with van der Waals surface area (Å²) in [5, 5.41) is 6.72. The monoisotopic (exact) mass is 309 g/mol. The lowest BCUT2D eigenvalue weighted by molar-refractivity contribution is 0.0424. The fourth-order valence-electron chi connectivity index (χ4n) is 2.80. The van der Waals surface area contributed by atoms with Crippen LogP contribution in [0.5, 0.6) is 0 Å². The maximum absolute atomic E-state index is 5.75. The molecule has 5 nitrogen and oxygen atoms in total. The molecule has 0 spiro atoms. The average Bonchev–Trinajstić information content (AvgIpc) is 3.20. The van der Waals surface area contributed by atoms with Crippen LogP contribution in [0.3, 0.4) is 0 Å². The van der Waals surface area contributed by atoms with E-state index in [4.69, 9.17) is 9.47 Å². The van der Waals surface area contributed by atoms with Crippen molar-refractivity contribution in [3.05, 3.63) is 11.6 Å². The highest BCUT2D eigenvalue weighted by Crippen LogP contribution is 2.19. The van der Waals surface area contributed by atoms with Gasteiger partial charge in [0, 0.05) is 32.8 Å². The first-order valence-electron chi connectivity index (χ1n) is 8.78. The van der Waals surface area contributed by atoms with Crippen molar-refractivity contribution in [2.75, 3.05) is 39.5 Å². The molecule has 2 aliphatic rings. The van der Waals surface area contributed by atoms with Gasteiger partial charge in [0.1, 0.15) is 0 Å². The van der Waals surface area contributed by atoms with Crippen LogP contribution in [0.1, 0.15) is 45.4 Å². The van der Waals surface area contributed by atoms with Crippen LogP contribution in [0.25, 0.3) is 0 Å². The van der Waals surface area contributed by atoms with Gasteiger partial charge in [0.15, 0.2) is 5.96 Å². The second-order valence-corrected chi connectivity index (χ2v) is 5.90. The molecule has 1 atom stereocenters. The average molecular weight is 309 g/mol. The van der Waals surface area contributed by atoms with Crippen molar-refractivity contribution in [1.29, 1.82) is 0 Å². The van der Waals surface area contributed by atoms with E-state index in [1.54, 1.807) is 5.57 Å². The number of allylic oxidation sites excluding steroid dienone is 1. The number of aliphatic imine (C=N–C) groups is 1. The molecule has 22 heavy (non-hydrogen) atoms. The number of hydrogen-bond donors (Lipinski definition) is 2. The molecule has 1 fully saturated rings. The number of guanidine groups is 1. The Morgan fingerprint density at radius 3 is 3.14 bits per heavy atom. The molecule has 5 heteroatoms. The number of hydrogen-bond acceptors (Lipinski definition) is 3. The second-order valence-electron chi connectivity index (χ2n) is 5.90. The second kappa shape index (κ2) is 10.6. The predicted molar refractivity (Wildman–Crippen MR) is 90.3 cm³/mol. The number of nitrogens with one attached hydrogen (secondary N) is 2. The van der Waals surface area contributed by atoms with Gasteiger partial charge in [0.2, 0.25) is 0 Å². The minimum atomic E-state index is 0.301. The maximum Gasteiger partial charge on any atom is 0.191 e. The quantitative estimate of drug-likeness (QED) is 0.297. The first-order chi connectivity index (χ1) is 10.9. The molecule has 0 bridgehead atoms. The van der Waals surface area contributed by atoms with Gasteiger partial charge >= 0.3 is 0 Å². The molecule has 0 aromatic heterocycles. The molecule has 0 radical (unpaired) electrons. The molecule has 0 amide bonds. The van der Waals surface area contributed by atoms with Gasteiger partial charge in [-0.3, -0.25) is 4.99 Å². The Morgan fingerprint density at radius 1 is 1.45 bits per heavy atom. The van der Waals surface area contributed by atoms with Crippen molar-refractivity contribution < 1.29 is 9.47 Å². The van der Waals surface area contributed by atoms with Gasteiger partial charge in [-0.2, -0.15) is 0 Å². The van der Waals surface area contributed by atoms with Crippen LogP contribution in [-0.4, -0.2) is 51.5 Å². The summed E-state index contributed by atoms with van der Waals surface area (Å²) in [6, 6.07) is 0. The molecule has 0 aromatic rings. The molecular formula is C17H31N3O2. The molecule has 126 valence electrons. The molecule has 1 aliphatic heterocycles. The van der Waals surface area contributed by atoms with E-state index in [0.717, 1.165) is 64.7 Å². The summed E-state index contributed by atoms with van der Waals surface area (Å²) in [5.41, 5.74) is 1.59. The highest BCUT2D eigenvalue weighted by molar-refractivity contribution is 5.79. The van der Waals surface area contributed by atoms with Crippen LogP contribution < -0.4 is 10.6 Å².